The quantitative estimate of drug-likeness (QED) is 0.439. The Kier molecular flexibility index (Phi) is 9.31. The van der Waals surface area contributed by atoms with Gasteiger partial charge in [0.05, 0.1) is 10.9 Å². The zero-order valence-electron chi connectivity index (χ0n) is 23.0. The van der Waals surface area contributed by atoms with Crippen LogP contribution in [0, 0.1) is 0 Å². The Bertz CT molecular complexity index is 1290. The van der Waals surface area contributed by atoms with Crippen molar-refractivity contribution < 1.29 is 14.4 Å². The van der Waals surface area contributed by atoms with E-state index in [1.54, 1.807) is 4.90 Å². The summed E-state index contributed by atoms with van der Waals surface area (Å²) in [6.07, 6.45) is 7.45. The monoisotopic (exact) mass is 559 g/mol. The highest BCUT2D eigenvalue weighted by Gasteiger charge is 2.42. The molecule has 2 aromatic carbocycles. The largest absolute Gasteiger partial charge is 0.356 e. The zero-order valence-corrected chi connectivity index (χ0v) is 23.8. The van der Waals surface area contributed by atoms with Crippen molar-refractivity contribution in [2.75, 3.05) is 6.54 Å². The van der Waals surface area contributed by atoms with Gasteiger partial charge in [-0.25, -0.2) is 9.89 Å². The summed E-state index contributed by atoms with van der Waals surface area (Å²) >= 11 is 1.32. The van der Waals surface area contributed by atoms with Gasteiger partial charge in [0.1, 0.15) is 11.9 Å². The lowest BCUT2D eigenvalue weighted by atomic mass is 9.95. The fourth-order valence-corrected chi connectivity index (χ4v) is 6.44. The molecule has 8 nitrogen and oxygen atoms in total. The van der Waals surface area contributed by atoms with E-state index in [-0.39, 0.29) is 35.4 Å². The van der Waals surface area contributed by atoms with Crippen LogP contribution in [0.5, 0.6) is 0 Å². The number of carbonyl (C=O) groups excluding carboxylic acids is 3. The van der Waals surface area contributed by atoms with Gasteiger partial charge in [-0.05, 0) is 49.8 Å². The highest BCUT2D eigenvalue weighted by molar-refractivity contribution is 8.15. The molecule has 0 aromatic heterocycles. The first-order valence-corrected chi connectivity index (χ1v) is 15.3. The van der Waals surface area contributed by atoms with Gasteiger partial charge >= 0.3 is 0 Å². The number of amidine groups is 2. The van der Waals surface area contributed by atoms with Gasteiger partial charge in [0, 0.05) is 24.6 Å². The van der Waals surface area contributed by atoms with Gasteiger partial charge in [0.25, 0.3) is 5.91 Å². The number of aliphatic imine (C=N–C) groups is 2. The maximum atomic E-state index is 13.6. The second-order valence-corrected chi connectivity index (χ2v) is 11.7. The zero-order chi connectivity index (χ0) is 27.9. The Morgan fingerprint density at radius 2 is 1.80 bits per heavy atom. The molecule has 0 bridgehead atoms. The molecule has 1 aliphatic carbocycles. The van der Waals surface area contributed by atoms with Gasteiger partial charge in [-0.1, -0.05) is 80.4 Å². The maximum absolute atomic E-state index is 13.6. The first kappa shape index (κ1) is 28.1. The number of amides is 3. The van der Waals surface area contributed by atoms with E-state index < -0.39 is 6.04 Å². The summed E-state index contributed by atoms with van der Waals surface area (Å²) < 4.78 is 0. The third-order valence-corrected chi connectivity index (χ3v) is 8.95. The molecule has 0 saturated heterocycles. The summed E-state index contributed by atoms with van der Waals surface area (Å²) in [5.74, 6) is 0.253. The van der Waals surface area contributed by atoms with Crippen LogP contribution in [0.1, 0.15) is 69.4 Å². The van der Waals surface area contributed by atoms with Crippen LogP contribution in [-0.4, -0.2) is 57.5 Å². The number of hydrogen-bond acceptors (Lipinski definition) is 6. The number of hydrogen-bond donors (Lipinski definition) is 2. The maximum Gasteiger partial charge on any atom is 0.259 e. The summed E-state index contributed by atoms with van der Waals surface area (Å²) in [5.41, 5.74) is 2.68. The van der Waals surface area contributed by atoms with Crippen LogP contribution >= 0.6 is 11.8 Å². The number of rotatable bonds is 10. The molecule has 3 amide bonds. The minimum Gasteiger partial charge on any atom is -0.356 e. The molecule has 0 spiro atoms. The minimum atomic E-state index is -0.664. The minimum absolute atomic E-state index is 0.00480. The third-order valence-electron chi connectivity index (χ3n) is 7.63. The normalized spacial score (nSPS) is 19.3. The van der Waals surface area contributed by atoms with Gasteiger partial charge < -0.3 is 10.6 Å². The Morgan fingerprint density at radius 1 is 1.05 bits per heavy atom. The van der Waals surface area contributed by atoms with Gasteiger partial charge in [0.2, 0.25) is 11.8 Å². The smallest absolute Gasteiger partial charge is 0.259 e. The molecule has 1 saturated carbocycles. The predicted octanol–water partition coefficient (Wildman–Crippen LogP) is 4.74. The summed E-state index contributed by atoms with van der Waals surface area (Å²) in [6, 6.07) is 17.2. The fraction of sp³-hybridized carbons (Fsp3) is 0.452. The average Bonchev–Trinajstić information content (AvgIpc) is 3.32. The van der Waals surface area contributed by atoms with Gasteiger partial charge in [-0.2, -0.15) is 0 Å². The molecular formula is C31H37N5O3S. The van der Waals surface area contributed by atoms with E-state index in [9.17, 15) is 14.4 Å². The van der Waals surface area contributed by atoms with Crippen LogP contribution in [0.25, 0.3) is 0 Å². The van der Waals surface area contributed by atoms with Crippen LogP contribution in [0.4, 0.5) is 5.69 Å². The van der Waals surface area contributed by atoms with Crippen LogP contribution in [0.2, 0.25) is 0 Å². The summed E-state index contributed by atoms with van der Waals surface area (Å²) in [7, 11) is 0. The van der Waals surface area contributed by atoms with E-state index in [0.717, 1.165) is 48.9 Å². The van der Waals surface area contributed by atoms with E-state index in [1.807, 2.05) is 61.5 Å². The summed E-state index contributed by atoms with van der Waals surface area (Å²) in [4.78, 5) is 50.5. The first-order valence-electron chi connectivity index (χ1n) is 14.4. The molecule has 2 N–H and O–H groups in total. The molecule has 9 heteroatoms. The lowest BCUT2D eigenvalue weighted by Crippen LogP contribution is -2.45. The molecule has 2 atom stereocenters. The van der Waals surface area contributed by atoms with Crippen molar-refractivity contribution in [3.63, 3.8) is 0 Å². The molecule has 2 heterocycles. The van der Waals surface area contributed by atoms with Crippen LogP contribution in [-0.2, 0) is 20.8 Å². The SMILES string of the molecule is CCC(SC1=Nc2ccccc2C2=NC(CCC(=O)NCCc3ccccc3)C(=O)N12)C(=O)NC1CCCCC1. The predicted molar refractivity (Wildman–Crippen MR) is 160 cm³/mol. The van der Waals surface area contributed by atoms with Crippen LogP contribution < -0.4 is 10.6 Å². The second kappa shape index (κ2) is 13.3. The number of carbonyl (C=O) groups is 3. The number of thioether (sulfide) groups is 1. The van der Waals surface area contributed by atoms with Crippen molar-refractivity contribution in [2.45, 2.75) is 82.0 Å². The van der Waals surface area contributed by atoms with Gasteiger partial charge in [-0.15, -0.1) is 0 Å². The molecule has 210 valence electrons. The second-order valence-electron chi connectivity index (χ2n) is 10.5. The van der Waals surface area contributed by atoms with Crippen molar-refractivity contribution in [2.24, 2.45) is 9.98 Å². The standard InChI is InChI=1S/C31H37N5O3S/c1-2-26(29(38)33-22-13-7-4-8-14-22)40-31-35-24-16-10-9-15-23(24)28-34-25(30(39)36(28)31)17-18-27(37)32-20-19-21-11-5-3-6-12-21/h3,5-6,9-12,15-16,22,25-26H,2,4,7-8,13-14,17-20H2,1H3,(H,32,37)(H,33,38). The topological polar surface area (TPSA) is 103 Å². The average molecular weight is 560 g/mol. The van der Waals surface area contributed by atoms with Crippen molar-refractivity contribution in [3.05, 3.63) is 65.7 Å². The molecule has 5 rings (SSSR count). The highest BCUT2D eigenvalue weighted by atomic mass is 32.2. The number of nitrogens with one attached hydrogen (secondary N) is 2. The number of nitrogens with zero attached hydrogens (tertiary/aromatic N) is 3. The molecule has 2 aliphatic heterocycles. The number of para-hydroxylation sites is 1. The molecule has 1 fully saturated rings. The Morgan fingerprint density at radius 3 is 2.58 bits per heavy atom. The van der Waals surface area contributed by atoms with E-state index in [2.05, 4.69) is 10.6 Å². The molecule has 2 unspecified atom stereocenters. The lowest BCUT2D eigenvalue weighted by molar-refractivity contribution is -0.125. The Labute approximate surface area is 240 Å². The molecule has 40 heavy (non-hydrogen) atoms. The summed E-state index contributed by atoms with van der Waals surface area (Å²) in [5, 5.41) is 6.29. The van der Waals surface area contributed by atoms with Crippen molar-refractivity contribution in [3.8, 4) is 0 Å². The highest BCUT2D eigenvalue weighted by Crippen LogP contribution is 2.36. The lowest BCUT2D eigenvalue weighted by Gasteiger charge is -2.29. The Balaban J connectivity index is 1.24. The van der Waals surface area contributed by atoms with Crippen molar-refractivity contribution in [1.29, 1.82) is 0 Å². The van der Waals surface area contributed by atoms with Crippen molar-refractivity contribution in [1.82, 2.24) is 15.5 Å². The number of fused-ring (bicyclic) bond motifs is 3. The first-order chi connectivity index (χ1) is 19.5. The third kappa shape index (κ3) is 6.63. The van der Waals surface area contributed by atoms with Crippen LogP contribution in [0.15, 0.2) is 64.6 Å². The van der Waals surface area contributed by atoms with E-state index in [0.29, 0.717) is 30.4 Å². The van der Waals surface area contributed by atoms with E-state index in [1.165, 1.54) is 18.2 Å². The van der Waals surface area contributed by atoms with Gasteiger partial charge in [0.15, 0.2) is 5.17 Å². The molecule has 0 radical (unpaired) electrons. The van der Waals surface area contributed by atoms with Crippen LogP contribution in [0.3, 0.4) is 0 Å². The molecule has 2 aromatic rings. The van der Waals surface area contributed by atoms with Gasteiger partial charge in [-0.3, -0.25) is 19.4 Å². The molecule has 3 aliphatic rings. The van der Waals surface area contributed by atoms with E-state index in [4.69, 9.17) is 9.98 Å². The van der Waals surface area contributed by atoms with E-state index >= 15 is 0 Å². The summed E-state index contributed by atoms with van der Waals surface area (Å²) in [6.45, 7) is 2.53. The Hall–Kier alpha value is -3.46. The van der Waals surface area contributed by atoms with Crippen molar-refractivity contribution >= 4 is 46.2 Å². The molecular weight excluding hydrogens is 522 g/mol. The fourth-order valence-electron chi connectivity index (χ4n) is 5.41. The number of benzene rings is 2.